The Morgan fingerprint density at radius 2 is 1.82 bits per heavy atom. The lowest BCUT2D eigenvalue weighted by atomic mass is 10.0. The van der Waals surface area contributed by atoms with Crippen LogP contribution in [-0.2, 0) is 16.0 Å². The molecule has 8 heteroatoms. The number of hydrogen-bond acceptors (Lipinski definition) is 5. The van der Waals surface area contributed by atoms with Crippen molar-refractivity contribution in [2.24, 2.45) is 0 Å². The third kappa shape index (κ3) is 5.44. The normalized spacial score (nSPS) is 12.2. The molecule has 1 aromatic rings. The lowest BCUT2D eigenvalue weighted by molar-refractivity contribution is -0.384. The Bertz CT molecular complexity index is 490. The summed E-state index contributed by atoms with van der Waals surface area (Å²) in [7, 11) is 1.32. The van der Waals surface area contributed by atoms with E-state index in [2.05, 4.69) is 0 Å². The van der Waals surface area contributed by atoms with Gasteiger partial charge in [-0.15, -0.1) is 23.2 Å². The Balaban J connectivity index is 2.91. The summed E-state index contributed by atoms with van der Waals surface area (Å²) in [5, 5.41) is 10.7. The van der Waals surface area contributed by atoms with Crippen LogP contribution in [0.1, 0.15) is 5.56 Å². The Morgan fingerprint density at radius 3 is 2.23 bits per heavy atom. The summed E-state index contributed by atoms with van der Waals surface area (Å²) in [6.07, 6.45) is 0.373. The number of nitro benzene ring substituents is 1. The summed E-state index contributed by atoms with van der Waals surface area (Å²) in [6.45, 7) is 1.00. The Kier molecular flexibility index (Phi) is 8.16. The van der Waals surface area contributed by atoms with Crippen LogP contribution in [-0.4, -0.2) is 53.8 Å². The van der Waals surface area contributed by atoms with Crippen molar-refractivity contribution in [3.63, 3.8) is 0 Å². The van der Waals surface area contributed by atoms with E-state index in [-0.39, 0.29) is 11.7 Å². The molecule has 122 valence electrons. The van der Waals surface area contributed by atoms with Crippen molar-refractivity contribution in [1.29, 1.82) is 0 Å². The minimum absolute atomic E-state index is 0.0109. The van der Waals surface area contributed by atoms with E-state index in [1.54, 1.807) is 12.1 Å². The summed E-state index contributed by atoms with van der Waals surface area (Å²) in [6, 6.07) is 5.57. The molecule has 0 aromatic heterocycles. The Morgan fingerprint density at radius 1 is 1.27 bits per heavy atom. The summed E-state index contributed by atoms with van der Waals surface area (Å²) in [4.78, 5) is 24.1. The van der Waals surface area contributed by atoms with Crippen molar-refractivity contribution in [3.8, 4) is 0 Å². The molecule has 0 aliphatic heterocycles. The maximum absolute atomic E-state index is 12.0. The molecular formula is C14H18Cl2N2O4. The first-order valence-corrected chi connectivity index (χ1v) is 7.77. The van der Waals surface area contributed by atoms with E-state index in [1.807, 2.05) is 4.90 Å². The van der Waals surface area contributed by atoms with Crippen molar-refractivity contribution < 1.29 is 14.5 Å². The number of non-ortho nitro benzene ring substituents is 1. The third-order valence-corrected chi connectivity index (χ3v) is 3.57. The van der Waals surface area contributed by atoms with Crippen LogP contribution in [0.2, 0.25) is 0 Å². The summed E-state index contributed by atoms with van der Waals surface area (Å²) >= 11 is 11.5. The summed E-state index contributed by atoms with van der Waals surface area (Å²) < 4.78 is 4.85. The number of halogens is 2. The first-order chi connectivity index (χ1) is 10.5. The fourth-order valence-electron chi connectivity index (χ4n) is 2.12. The number of carbonyl (C=O) groups excluding carboxylic acids is 1. The number of nitrogens with zero attached hydrogens (tertiary/aromatic N) is 2. The van der Waals surface area contributed by atoms with Crippen molar-refractivity contribution in [2.75, 3.05) is 32.0 Å². The van der Waals surface area contributed by atoms with Crippen molar-refractivity contribution in [2.45, 2.75) is 12.5 Å². The number of alkyl halides is 2. The zero-order valence-electron chi connectivity index (χ0n) is 12.2. The topological polar surface area (TPSA) is 72.7 Å². The summed E-state index contributed by atoms with van der Waals surface area (Å²) in [5.74, 6) is 0.350. The number of esters is 1. The Hall–Kier alpha value is -1.37. The van der Waals surface area contributed by atoms with Crippen molar-refractivity contribution in [3.05, 3.63) is 39.9 Å². The monoisotopic (exact) mass is 348 g/mol. The van der Waals surface area contributed by atoms with Crippen molar-refractivity contribution >= 4 is 34.9 Å². The molecule has 0 fully saturated rings. The maximum Gasteiger partial charge on any atom is 0.323 e. The van der Waals surface area contributed by atoms with Crippen LogP contribution in [0, 0.1) is 10.1 Å². The molecule has 0 bridgehead atoms. The molecule has 0 saturated carbocycles. The highest BCUT2D eigenvalue weighted by molar-refractivity contribution is 6.18. The van der Waals surface area contributed by atoms with Gasteiger partial charge in [-0.05, 0) is 12.0 Å². The molecule has 0 amide bonds. The second kappa shape index (κ2) is 9.61. The number of nitro groups is 1. The van der Waals surface area contributed by atoms with Gasteiger partial charge in [-0.3, -0.25) is 19.8 Å². The molecule has 0 spiro atoms. The van der Waals surface area contributed by atoms with Gasteiger partial charge in [-0.25, -0.2) is 0 Å². The Labute approximate surface area is 139 Å². The molecule has 1 aromatic carbocycles. The van der Waals surface area contributed by atoms with Gasteiger partial charge in [-0.1, -0.05) is 12.1 Å². The van der Waals surface area contributed by atoms with Crippen LogP contribution < -0.4 is 0 Å². The highest BCUT2D eigenvalue weighted by atomic mass is 35.5. The SMILES string of the molecule is COC(=O)C(Cc1ccc([N+](=O)[O-])cc1)N(CCCl)CCCl. The highest BCUT2D eigenvalue weighted by Crippen LogP contribution is 2.16. The quantitative estimate of drug-likeness (QED) is 0.296. The van der Waals surface area contributed by atoms with Gasteiger partial charge in [0.25, 0.3) is 5.69 Å². The molecule has 0 heterocycles. The second-order valence-corrected chi connectivity index (χ2v) is 5.34. The molecule has 0 aliphatic rings. The first-order valence-electron chi connectivity index (χ1n) is 6.70. The van der Waals surface area contributed by atoms with Gasteiger partial charge in [0.2, 0.25) is 0 Å². The fraction of sp³-hybridized carbons (Fsp3) is 0.500. The number of carbonyl (C=O) groups is 1. The standard InChI is InChI=1S/C14H18Cl2N2O4/c1-22-14(19)13(17(8-6-15)9-7-16)10-11-2-4-12(5-3-11)18(20)21/h2-5,13H,6-10H2,1H3. The van der Waals surface area contributed by atoms with Gasteiger partial charge in [-0.2, -0.15) is 0 Å². The van der Waals surface area contributed by atoms with E-state index < -0.39 is 11.0 Å². The molecule has 0 saturated heterocycles. The maximum atomic E-state index is 12.0. The van der Waals surface area contributed by atoms with Crippen molar-refractivity contribution in [1.82, 2.24) is 4.90 Å². The zero-order chi connectivity index (χ0) is 16.5. The van der Waals surface area contributed by atoms with Crippen LogP contribution in [0.25, 0.3) is 0 Å². The van der Waals surface area contributed by atoms with Crippen LogP contribution in [0.4, 0.5) is 5.69 Å². The minimum atomic E-state index is -0.524. The highest BCUT2D eigenvalue weighted by Gasteiger charge is 2.26. The van der Waals surface area contributed by atoms with Gasteiger partial charge in [0, 0.05) is 37.0 Å². The second-order valence-electron chi connectivity index (χ2n) is 4.58. The van der Waals surface area contributed by atoms with Crippen LogP contribution in [0.3, 0.4) is 0 Å². The van der Waals surface area contributed by atoms with Gasteiger partial charge in [0.05, 0.1) is 12.0 Å². The lowest BCUT2D eigenvalue weighted by Gasteiger charge is -2.28. The van der Waals surface area contributed by atoms with Gasteiger partial charge in [0.1, 0.15) is 6.04 Å². The van der Waals surface area contributed by atoms with E-state index in [0.29, 0.717) is 31.3 Å². The third-order valence-electron chi connectivity index (χ3n) is 3.23. The lowest BCUT2D eigenvalue weighted by Crippen LogP contribution is -2.45. The molecule has 0 aliphatic carbocycles. The van der Waals surface area contributed by atoms with E-state index in [0.717, 1.165) is 5.56 Å². The number of benzene rings is 1. The smallest absolute Gasteiger partial charge is 0.323 e. The molecular weight excluding hydrogens is 331 g/mol. The molecule has 0 radical (unpaired) electrons. The van der Waals surface area contributed by atoms with E-state index in [1.165, 1.54) is 19.2 Å². The van der Waals surface area contributed by atoms with Crippen LogP contribution in [0.5, 0.6) is 0 Å². The van der Waals surface area contributed by atoms with E-state index >= 15 is 0 Å². The molecule has 6 nitrogen and oxygen atoms in total. The first kappa shape index (κ1) is 18.7. The average Bonchev–Trinajstić information content (AvgIpc) is 2.52. The van der Waals surface area contributed by atoms with Gasteiger partial charge < -0.3 is 4.74 Å². The molecule has 22 heavy (non-hydrogen) atoms. The predicted molar refractivity (Wildman–Crippen MR) is 85.6 cm³/mol. The molecule has 1 unspecified atom stereocenters. The molecule has 1 atom stereocenters. The van der Waals surface area contributed by atoms with Crippen LogP contribution >= 0.6 is 23.2 Å². The molecule has 1 rings (SSSR count). The molecule has 0 N–H and O–H groups in total. The van der Waals surface area contributed by atoms with Crippen LogP contribution in [0.15, 0.2) is 24.3 Å². The largest absolute Gasteiger partial charge is 0.468 e. The van der Waals surface area contributed by atoms with Gasteiger partial charge in [0.15, 0.2) is 0 Å². The van der Waals surface area contributed by atoms with Gasteiger partial charge >= 0.3 is 5.97 Å². The van der Waals surface area contributed by atoms with E-state index in [9.17, 15) is 14.9 Å². The van der Waals surface area contributed by atoms with E-state index in [4.69, 9.17) is 27.9 Å². The summed E-state index contributed by atoms with van der Waals surface area (Å²) in [5.41, 5.74) is 0.812. The number of ether oxygens (including phenoxy) is 1. The zero-order valence-corrected chi connectivity index (χ0v) is 13.7. The average molecular weight is 349 g/mol. The number of rotatable bonds is 9. The fourth-order valence-corrected chi connectivity index (χ4v) is 2.55. The number of hydrogen-bond donors (Lipinski definition) is 0. The predicted octanol–water partition coefficient (Wildman–Crippen LogP) is 2.46. The number of methoxy groups -OCH3 is 1. The minimum Gasteiger partial charge on any atom is -0.468 e.